The van der Waals surface area contributed by atoms with Gasteiger partial charge in [-0.1, -0.05) is 68.4 Å². The lowest BCUT2D eigenvalue weighted by molar-refractivity contribution is -0.143. The number of rotatable bonds is 13. The lowest BCUT2D eigenvalue weighted by Gasteiger charge is -2.26. The minimum absolute atomic E-state index is 0.109. The summed E-state index contributed by atoms with van der Waals surface area (Å²) in [6.45, 7) is 13.0. The van der Waals surface area contributed by atoms with Crippen LogP contribution in [0.15, 0.2) is 79.0 Å². The van der Waals surface area contributed by atoms with Crippen molar-refractivity contribution in [2.75, 3.05) is 11.9 Å². The molecule has 1 aromatic heterocycles. The molecule has 44 heavy (non-hydrogen) atoms. The molecule has 7 nitrogen and oxygen atoms in total. The van der Waals surface area contributed by atoms with E-state index in [-0.39, 0.29) is 17.7 Å². The van der Waals surface area contributed by atoms with Gasteiger partial charge < -0.3 is 19.9 Å². The molecule has 0 saturated heterocycles. The van der Waals surface area contributed by atoms with E-state index in [0.29, 0.717) is 48.7 Å². The van der Waals surface area contributed by atoms with Crippen LogP contribution in [-0.4, -0.2) is 34.4 Å². The van der Waals surface area contributed by atoms with Crippen LogP contribution in [0.5, 0.6) is 0 Å². The van der Waals surface area contributed by atoms with Gasteiger partial charge in [-0.05, 0) is 75.8 Å². The SMILES string of the molecule is CCOC(=O)CCCn1cc(C(=O)c2cccc(NC(C(=O)NC(C)(C)C)c3ccc(CC(C)C)cc3)c2)c2ccccc21. The molecular weight excluding hydrogens is 550 g/mol. The normalized spacial score (nSPS) is 12.2. The Morgan fingerprint density at radius 2 is 1.66 bits per heavy atom. The summed E-state index contributed by atoms with van der Waals surface area (Å²) in [6.07, 6.45) is 3.78. The lowest BCUT2D eigenvalue weighted by Crippen LogP contribution is -2.44. The number of amides is 1. The maximum Gasteiger partial charge on any atom is 0.305 e. The fourth-order valence-electron chi connectivity index (χ4n) is 5.37. The topological polar surface area (TPSA) is 89.4 Å². The van der Waals surface area contributed by atoms with E-state index in [2.05, 4.69) is 36.6 Å². The minimum Gasteiger partial charge on any atom is -0.466 e. The van der Waals surface area contributed by atoms with Crippen LogP contribution in [0.25, 0.3) is 10.9 Å². The Bertz CT molecular complexity index is 1600. The number of aryl methyl sites for hydroxylation is 1. The van der Waals surface area contributed by atoms with Crippen molar-refractivity contribution in [3.05, 3.63) is 101 Å². The second-order valence-electron chi connectivity index (χ2n) is 12.7. The van der Waals surface area contributed by atoms with E-state index in [1.807, 2.05) is 80.1 Å². The monoisotopic (exact) mass is 595 g/mol. The first-order valence-corrected chi connectivity index (χ1v) is 15.5. The Kier molecular flexibility index (Phi) is 10.6. The molecule has 1 atom stereocenters. The van der Waals surface area contributed by atoms with E-state index in [0.717, 1.165) is 22.9 Å². The zero-order chi connectivity index (χ0) is 31.9. The number of carbonyl (C=O) groups excluding carboxylic acids is 3. The number of benzene rings is 3. The zero-order valence-corrected chi connectivity index (χ0v) is 26.8. The van der Waals surface area contributed by atoms with Crippen LogP contribution in [-0.2, 0) is 27.3 Å². The fraction of sp³-hybridized carbons (Fsp3) is 0.378. The predicted octanol–water partition coefficient (Wildman–Crippen LogP) is 7.48. The average molecular weight is 596 g/mol. The van der Waals surface area contributed by atoms with Gasteiger partial charge in [-0.3, -0.25) is 14.4 Å². The first kappa shape index (κ1) is 32.5. The molecule has 0 bridgehead atoms. The van der Waals surface area contributed by atoms with E-state index in [4.69, 9.17) is 4.74 Å². The van der Waals surface area contributed by atoms with E-state index < -0.39 is 11.6 Å². The highest BCUT2D eigenvalue weighted by Crippen LogP contribution is 2.27. The number of anilines is 1. The number of esters is 1. The van der Waals surface area contributed by atoms with Crippen molar-refractivity contribution < 1.29 is 19.1 Å². The molecule has 2 N–H and O–H groups in total. The molecule has 0 aliphatic heterocycles. The Morgan fingerprint density at radius 3 is 2.34 bits per heavy atom. The Morgan fingerprint density at radius 1 is 0.932 bits per heavy atom. The average Bonchev–Trinajstić information content (AvgIpc) is 3.34. The van der Waals surface area contributed by atoms with Gasteiger partial charge in [-0.25, -0.2) is 0 Å². The number of ether oxygens (including phenoxy) is 1. The number of fused-ring (bicyclic) bond motifs is 1. The molecule has 0 fully saturated rings. The van der Waals surface area contributed by atoms with Gasteiger partial charge in [0.15, 0.2) is 5.78 Å². The van der Waals surface area contributed by atoms with Crippen LogP contribution < -0.4 is 10.6 Å². The number of ketones is 1. The highest BCUT2D eigenvalue weighted by Gasteiger charge is 2.25. The van der Waals surface area contributed by atoms with Gasteiger partial charge in [0, 0.05) is 52.4 Å². The molecule has 7 heteroatoms. The smallest absolute Gasteiger partial charge is 0.305 e. The van der Waals surface area contributed by atoms with Crippen molar-refractivity contribution in [2.24, 2.45) is 5.92 Å². The molecule has 1 amide bonds. The van der Waals surface area contributed by atoms with Crippen molar-refractivity contribution >= 4 is 34.3 Å². The van der Waals surface area contributed by atoms with Gasteiger partial charge in [0.2, 0.25) is 5.91 Å². The molecule has 0 radical (unpaired) electrons. The van der Waals surface area contributed by atoms with Crippen molar-refractivity contribution in [1.29, 1.82) is 0 Å². The van der Waals surface area contributed by atoms with Crippen molar-refractivity contribution in [1.82, 2.24) is 9.88 Å². The summed E-state index contributed by atoms with van der Waals surface area (Å²) in [4.78, 5) is 39.3. The number of aromatic nitrogens is 1. The first-order chi connectivity index (χ1) is 20.9. The Balaban J connectivity index is 1.60. The molecule has 4 aromatic rings. The summed E-state index contributed by atoms with van der Waals surface area (Å²) in [6, 6.07) is 22.6. The summed E-state index contributed by atoms with van der Waals surface area (Å²) < 4.78 is 7.09. The largest absolute Gasteiger partial charge is 0.466 e. The molecule has 1 heterocycles. The summed E-state index contributed by atoms with van der Waals surface area (Å²) in [5.41, 5.74) is 4.40. The Hall–Kier alpha value is -4.39. The van der Waals surface area contributed by atoms with E-state index >= 15 is 0 Å². The summed E-state index contributed by atoms with van der Waals surface area (Å²) in [7, 11) is 0. The maximum atomic E-state index is 13.9. The van der Waals surface area contributed by atoms with Crippen LogP contribution in [0, 0.1) is 5.92 Å². The molecule has 232 valence electrons. The van der Waals surface area contributed by atoms with Crippen molar-refractivity contribution in [2.45, 2.75) is 78.9 Å². The van der Waals surface area contributed by atoms with Crippen LogP contribution in [0.2, 0.25) is 0 Å². The standard InChI is InChI=1S/C37H45N3O4/c1-7-44-33(41)16-11-21-40-24-31(30-14-8-9-15-32(30)40)35(42)28-12-10-13-29(23-28)38-34(36(43)39-37(4,5)6)27-19-17-26(18-20-27)22-25(2)3/h8-10,12-15,17-20,23-25,34,38H,7,11,16,21-22H2,1-6H3,(H,39,43). The molecule has 0 spiro atoms. The highest BCUT2D eigenvalue weighted by molar-refractivity contribution is 6.16. The second-order valence-corrected chi connectivity index (χ2v) is 12.7. The first-order valence-electron chi connectivity index (χ1n) is 15.5. The third kappa shape index (κ3) is 8.59. The van der Waals surface area contributed by atoms with Gasteiger partial charge in [-0.2, -0.15) is 0 Å². The van der Waals surface area contributed by atoms with Gasteiger partial charge in [0.1, 0.15) is 6.04 Å². The van der Waals surface area contributed by atoms with Crippen molar-refractivity contribution in [3.63, 3.8) is 0 Å². The van der Waals surface area contributed by atoms with E-state index in [9.17, 15) is 14.4 Å². The van der Waals surface area contributed by atoms with E-state index in [1.165, 1.54) is 5.56 Å². The second kappa shape index (κ2) is 14.4. The molecule has 4 rings (SSSR count). The van der Waals surface area contributed by atoms with Crippen LogP contribution >= 0.6 is 0 Å². The lowest BCUT2D eigenvalue weighted by atomic mass is 9.97. The summed E-state index contributed by atoms with van der Waals surface area (Å²) >= 11 is 0. The third-order valence-electron chi connectivity index (χ3n) is 7.27. The highest BCUT2D eigenvalue weighted by atomic mass is 16.5. The minimum atomic E-state index is -0.644. The molecule has 0 aliphatic carbocycles. The number of nitrogens with zero attached hydrogens (tertiary/aromatic N) is 1. The number of para-hydroxylation sites is 1. The summed E-state index contributed by atoms with van der Waals surface area (Å²) in [5, 5.41) is 7.36. The quantitative estimate of drug-likeness (QED) is 0.124. The number of carbonyl (C=O) groups is 3. The Labute approximate surface area is 261 Å². The van der Waals surface area contributed by atoms with Gasteiger partial charge in [0.05, 0.1) is 6.61 Å². The van der Waals surface area contributed by atoms with Gasteiger partial charge in [0.25, 0.3) is 0 Å². The van der Waals surface area contributed by atoms with Crippen molar-refractivity contribution in [3.8, 4) is 0 Å². The van der Waals surface area contributed by atoms with E-state index in [1.54, 1.807) is 19.1 Å². The predicted molar refractivity (Wildman–Crippen MR) is 177 cm³/mol. The maximum absolute atomic E-state index is 13.9. The zero-order valence-electron chi connectivity index (χ0n) is 26.8. The fourth-order valence-corrected chi connectivity index (χ4v) is 5.37. The number of hydrogen-bond donors (Lipinski definition) is 2. The van der Waals surface area contributed by atoms with Gasteiger partial charge in [-0.15, -0.1) is 0 Å². The molecule has 3 aromatic carbocycles. The van der Waals surface area contributed by atoms with Crippen LogP contribution in [0.4, 0.5) is 5.69 Å². The van der Waals surface area contributed by atoms with Crippen LogP contribution in [0.3, 0.4) is 0 Å². The summed E-state index contributed by atoms with van der Waals surface area (Å²) in [5.74, 6) is 0.0721. The molecule has 0 aliphatic rings. The molecular formula is C37H45N3O4. The molecule has 0 saturated carbocycles. The third-order valence-corrected chi connectivity index (χ3v) is 7.27. The van der Waals surface area contributed by atoms with Crippen LogP contribution in [0.1, 0.15) is 87.5 Å². The molecule has 1 unspecified atom stereocenters. The number of nitrogens with one attached hydrogen (secondary N) is 2. The number of hydrogen-bond acceptors (Lipinski definition) is 5. The van der Waals surface area contributed by atoms with Gasteiger partial charge >= 0.3 is 5.97 Å².